The highest BCUT2D eigenvalue weighted by molar-refractivity contribution is 5.93. The third kappa shape index (κ3) is 6.43. The molecule has 35 heavy (non-hydrogen) atoms. The van der Waals surface area contributed by atoms with Crippen LogP contribution in [0.4, 0.5) is 5.82 Å². The summed E-state index contributed by atoms with van der Waals surface area (Å²) in [5.74, 6) is 1.19. The first-order valence-electron chi connectivity index (χ1n) is 12.5. The number of benzene rings is 1. The van der Waals surface area contributed by atoms with Gasteiger partial charge in [0.1, 0.15) is 17.6 Å². The monoisotopic (exact) mass is 479 g/mol. The number of hydrogen-bond acceptors (Lipinski definition) is 5. The zero-order chi connectivity index (χ0) is 25.4. The second-order valence-electron chi connectivity index (χ2n) is 9.18. The van der Waals surface area contributed by atoms with Crippen molar-refractivity contribution >= 4 is 17.6 Å². The van der Waals surface area contributed by atoms with Gasteiger partial charge in [-0.15, -0.1) is 0 Å². The number of unbranched alkanes of at least 4 members (excludes halogenated alkanes) is 2. The first-order valence-corrected chi connectivity index (χ1v) is 12.5. The van der Waals surface area contributed by atoms with Crippen LogP contribution in [0.15, 0.2) is 24.3 Å². The Morgan fingerprint density at radius 1 is 1.14 bits per heavy atom. The number of aromatic nitrogens is 1. The van der Waals surface area contributed by atoms with E-state index < -0.39 is 0 Å². The molecule has 8 heteroatoms. The molecule has 2 N–H and O–H groups in total. The predicted octanol–water partition coefficient (Wildman–Crippen LogP) is 3.93. The molecule has 0 bridgehead atoms. The van der Waals surface area contributed by atoms with Crippen molar-refractivity contribution in [3.05, 3.63) is 41.1 Å². The maximum Gasteiger partial charge on any atom is 0.239 e. The van der Waals surface area contributed by atoms with Gasteiger partial charge in [0.05, 0.1) is 19.2 Å². The summed E-state index contributed by atoms with van der Waals surface area (Å²) in [5, 5.41) is 15.8. The minimum absolute atomic E-state index is 0.0127. The minimum atomic E-state index is -0.170. The van der Waals surface area contributed by atoms with Crippen LogP contribution < -0.4 is 15.4 Å². The van der Waals surface area contributed by atoms with Gasteiger partial charge in [0, 0.05) is 23.8 Å². The quantitative estimate of drug-likeness (QED) is 0.503. The molecular formula is C27H37N5O3. The summed E-state index contributed by atoms with van der Waals surface area (Å²) in [5.41, 5.74) is 3.04. The molecule has 2 aromatic rings. The van der Waals surface area contributed by atoms with Gasteiger partial charge in [-0.3, -0.25) is 19.1 Å². The van der Waals surface area contributed by atoms with Gasteiger partial charge in [0.15, 0.2) is 0 Å². The van der Waals surface area contributed by atoms with Crippen molar-refractivity contribution in [1.82, 2.24) is 14.8 Å². The fraction of sp³-hybridized carbons (Fsp3) is 0.519. The Kier molecular flexibility index (Phi) is 9.32. The molecule has 8 nitrogen and oxygen atoms in total. The summed E-state index contributed by atoms with van der Waals surface area (Å²) in [6.07, 6.45) is 4.77. The number of nitrogens with one attached hydrogen (secondary N) is 2. The average molecular weight is 480 g/mol. The Morgan fingerprint density at radius 3 is 2.43 bits per heavy atom. The SMILES string of the molecule is CCCCCNC(=O)C1CCN(CC(=O)Nc2c(C#N)c(C)c(C)n2-c2ccc(OC)cc2)CC1. The Morgan fingerprint density at radius 2 is 1.83 bits per heavy atom. The normalized spacial score (nSPS) is 14.4. The van der Waals surface area contributed by atoms with Crippen molar-refractivity contribution in [3.63, 3.8) is 0 Å². The van der Waals surface area contributed by atoms with Crippen molar-refractivity contribution in [2.24, 2.45) is 5.92 Å². The first kappa shape index (κ1) is 26.3. The molecule has 0 atom stereocenters. The molecule has 1 aliphatic rings. The number of methoxy groups -OCH3 is 1. The first-order chi connectivity index (χ1) is 16.9. The Labute approximate surface area is 208 Å². The van der Waals surface area contributed by atoms with Crippen LogP contribution in [0.1, 0.15) is 55.8 Å². The van der Waals surface area contributed by atoms with Crippen LogP contribution in [0.25, 0.3) is 5.69 Å². The van der Waals surface area contributed by atoms with Gasteiger partial charge in [0.2, 0.25) is 11.8 Å². The summed E-state index contributed by atoms with van der Waals surface area (Å²) < 4.78 is 7.16. The van der Waals surface area contributed by atoms with Gasteiger partial charge < -0.3 is 15.4 Å². The number of ether oxygens (including phenoxy) is 1. The fourth-order valence-corrected chi connectivity index (χ4v) is 4.57. The van der Waals surface area contributed by atoms with E-state index in [4.69, 9.17) is 4.74 Å². The fourth-order valence-electron chi connectivity index (χ4n) is 4.57. The van der Waals surface area contributed by atoms with E-state index in [0.29, 0.717) is 24.5 Å². The van der Waals surface area contributed by atoms with E-state index in [-0.39, 0.29) is 24.3 Å². The molecule has 2 heterocycles. The van der Waals surface area contributed by atoms with E-state index in [2.05, 4.69) is 28.5 Å². The average Bonchev–Trinajstić information content (AvgIpc) is 3.10. The smallest absolute Gasteiger partial charge is 0.239 e. The highest BCUT2D eigenvalue weighted by Crippen LogP contribution is 2.31. The third-order valence-electron chi connectivity index (χ3n) is 6.82. The molecule has 0 aliphatic carbocycles. The van der Waals surface area contributed by atoms with Crippen LogP contribution in [0.5, 0.6) is 5.75 Å². The van der Waals surface area contributed by atoms with Gasteiger partial charge in [-0.1, -0.05) is 19.8 Å². The number of likely N-dealkylation sites (tertiary alicyclic amines) is 1. The largest absolute Gasteiger partial charge is 0.497 e. The van der Waals surface area contributed by atoms with Gasteiger partial charge in [-0.05, 0) is 76.0 Å². The van der Waals surface area contributed by atoms with Crippen LogP contribution >= 0.6 is 0 Å². The van der Waals surface area contributed by atoms with Crippen molar-refractivity contribution < 1.29 is 14.3 Å². The molecule has 1 aromatic heterocycles. The summed E-state index contributed by atoms with van der Waals surface area (Å²) in [7, 11) is 1.61. The number of rotatable bonds is 10. The molecule has 0 spiro atoms. The number of piperidine rings is 1. The summed E-state index contributed by atoms with van der Waals surface area (Å²) in [4.78, 5) is 27.5. The standard InChI is InChI=1S/C27H37N5O3/c1-5-6-7-14-29-27(34)21-12-15-31(16-13-21)18-25(33)30-26-24(17-28)19(2)20(3)32(26)22-8-10-23(35-4)11-9-22/h8-11,21H,5-7,12-16,18H2,1-4H3,(H,29,34)(H,30,33). The van der Waals surface area contributed by atoms with E-state index in [1.54, 1.807) is 7.11 Å². The van der Waals surface area contributed by atoms with Crippen molar-refractivity contribution in [3.8, 4) is 17.5 Å². The molecule has 188 valence electrons. The molecule has 1 aromatic carbocycles. The van der Waals surface area contributed by atoms with Crippen LogP contribution in [0.2, 0.25) is 0 Å². The van der Waals surface area contributed by atoms with Crippen molar-refractivity contribution in [2.75, 3.05) is 38.6 Å². The molecule has 0 radical (unpaired) electrons. The van der Waals surface area contributed by atoms with Crippen LogP contribution in [-0.4, -0.2) is 54.6 Å². The Balaban J connectivity index is 1.63. The molecule has 0 saturated carbocycles. The van der Waals surface area contributed by atoms with Crippen LogP contribution in [0, 0.1) is 31.1 Å². The van der Waals surface area contributed by atoms with Gasteiger partial charge >= 0.3 is 0 Å². The summed E-state index contributed by atoms with van der Waals surface area (Å²) in [6, 6.07) is 9.76. The van der Waals surface area contributed by atoms with Gasteiger partial charge in [-0.25, -0.2) is 0 Å². The molecule has 3 rings (SSSR count). The second kappa shape index (κ2) is 12.4. The highest BCUT2D eigenvalue weighted by atomic mass is 16.5. The number of carbonyl (C=O) groups excluding carboxylic acids is 2. The Hall–Kier alpha value is -3.31. The third-order valence-corrected chi connectivity index (χ3v) is 6.82. The molecular weight excluding hydrogens is 442 g/mol. The molecule has 1 aliphatic heterocycles. The van der Waals surface area contributed by atoms with Gasteiger partial charge in [-0.2, -0.15) is 5.26 Å². The molecule has 1 fully saturated rings. The second-order valence-corrected chi connectivity index (χ2v) is 9.18. The summed E-state index contributed by atoms with van der Waals surface area (Å²) >= 11 is 0. The Bertz CT molecular complexity index is 1060. The number of anilines is 1. The summed E-state index contributed by atoms with van der Waals surface area (Å²) in [6.45, 7) is 8.33. The zero-order valence-electron chi connectivity index (χ0n) is 21.3. The van der Waals surface area contributed by atoms with E-state index in [0.717, 1.165) is 61.3 Å². The van der Waals surface area contributed by atoms with Crippen LogP contribution in [0.3, 0.4) is 0 Å². The lowest BCUT2D eigenvalue weighted by Gasteiger charge is -2.30. The van der Waals surface area contributed by atoms with Crippen LogP contribution in [-0.2, 0) is 9.59 Å². The predicted molar refractivity (Wildman–Crippen MR) is 137 cm³/mol. The number of hydrogen-bond donors (Lipinski definition) is 2. The van der Waals surface area contributed by atoms with Gasteiger partial charge in [0.25, 0.3) is 0 Å². The number of nitriles is 1. The van der Waals surface area contributed by atoms with Crippen molar-refractivity contribution in [2.45, 2.75) is 52.9 Å². The maximum atomic E-state index is 13.0. The van der Waals surface area contributed by atoms with E-state index in [1.165, 1.54) is 0 Å². The number of nitrogens with zero attached hydrogens (tertiary/aromatic N) is 3. The lowest BCUT2D eigenvalue weighted by Crippen LogP contribution is -2.43. The topological polar surface area (TPSA) is 99.4 Å². The lowest BCUT2D eigenvalue weighted by molar-refractivity contribution is -0.126. The number of amides is 2. The van der Waals surface area contributed by atoms with E-state index in [1.807, 2.05) is 42.7 Å². The van der Waals surface area contributed by atoms with E-state index >= 15 is 0 Å². The molecule has 0 unspecified atom stereocenters. The van der Waals surface area contributed by atoms with E-state index in [9.17, 15) is 14.9 Å². The zero-order valence-corrected chi connectivity index (χ0v) is 21.3. The molecule has 1 saturated heterocycles. The van der Waals surface area contributed by atoms with Crippen molar-refractivity contribution in [1.29, 1.82) is 5.26 Å². The molecule has 2 amide bonds. The highest BCUT2D eigenvalue weighted by Gasteiger charge is 2.27. The minimum Gasteiger partial charge on any atom is -0.497 e. The lowest BCUT2D eigenvalue weighted by atomic mass is 9.96. The number of carbonyl (C=O) groups is 2. The maximum absolute atomic E-state index is 13.0.